The second-order valence-corrected chi connectivity index (χ2v) is 4.09. The molecule has 4 heteroatoms. The highest BCUT2D eigenvalue weighted by Gasteiger charge is 2.03. The van der Waals surface area contributed by atoms with E-state index in [2.05, 4.69) is 18.7 Å². The van der Waals surface area contributed by atoms with Crippen LogP contribution >= 0.6 is 0 Å². The Kier molecular flexibility index (Phi) is 10.3. The molecule has 0 spiro atoms. The van der Waals surface area contributed by atoms with Gasteiger partial charge in [-0.15, -0.1) is 0 Å². The second-order valence-electron chi connectivity index (χ2n) is 4.09. The van der Waals surface area contributed by atoms with Gasteiger partial charge in [0.2, 0.25) is 0 Å². The normalized spacial score (nSPS) is 11.6. The summed E-state index contributed by atoms with van der Waals surface area (Å²) in [6.07, 6.45) is 0. The summed E-state index contributed by atoms with van der Waals surface area (Å²) in [6.45, 7) is 10.1. The lowest BCUT2D eigenvalue weighted by molar-refractivity contribution is 0.0758. The number of hydrogen-bond donors (Lipinski definition) is 1. The van der Waals surface area contributed by atoms with Gasteiger partial charge in [-0.1, -0.05) is 13.8 Å². The van der Waals surface area contributed by atoms with Gasteiger partial charge in [0.1, 0.15) is 0 Å². The molecular weight excluding hydrogens is 192 g/mol. The maximum atomic E-state index is 5.53. The van der Waals surface area contributed by atoms with Gasteiger partial charge in [0.05, 0.1) is 13.2 Å². The van der Waals surface area contributed by atoms with E-state index in [1.807, 2.05) is 0 Å². The van der Waals surface area contributed by atoms with Gasteiger partial charge in [0.25, 0.3) is 0 Å². The van der Waals surface area contributed by atoms with Crippen LogP contribution in [0.1, 0.15) is 13.8 Å². The zero-order valence-electron chi connectivity index (χ0n) is 10.4. The van der Waals surface area contributed by atoms with Crippen molar-refractivity contribution in [1.29, 1.82) is 0 Å². The fourth-order valence-electron chi connectivity index (χ4n) is 1.25. The molecule has 0 aromatic carbocycles. The Hall–Kier alpha value is -0.160. The highest BCUT2D eigenvalue weighted by atomic mass is 16.5. The summed E-state index contributed by atoms with van der Waals surface area (Å²) in [6, 6.07) is 0. The van der Waals surface area contributed by atoms with E-state index in [0.717, 1.165) is 39.5 Å². The summed E-state index contributed by atoms with van der Waals surface area (Å²) in [5.41, 5.74) is 5.53. The van der Waals surface area contributed by atoms with Crippen LogP contribution in [0, 0.1) is 5.92 Å². The van der Waals surface area contributed by atoms with E-state index in [4.69, 9.17) is 15.2 Å². The van der Waals surface area contributed by atoms with Gasteiger partial charge >= 0.3 is 0 Å². The van der Waals surface area contributed by atoms with Gasteiger partial charge in [-0.2, -0.15) is 0 Å². The molecule has 0 aliphatic rings. The van der Waals surface area contributed by atoms with Crippen LogP contribution in [0.3, 0.4) is 0 Å². The largest absolute Gasteiger partial charge is 0.383 e. The average Bonchev–Trinajstić information content (AvgIpc) is 2.20. The Morgan fingerprint density at radius 3 is 2.33 bits per heavy atom. The van der Waals surface area contributed by atoms with E-state index in [-0.39, 0.29) is 0 Å². The molecule has 0 bridgehead atoms. The Balaban J connectivity index is 3.47. The summed E-state index contributed by atoms with van der Waals surface area (Å²) in [7, 11) is 1.72. The third-order valence-corrected chi connectivity index (χ3v) is 2.06. The molecule has 0 unspecified atom stereocenters. The van der Waals surface area contributed by atoms with Crippen LogP contribution < -0.4 is 5.73 Å². The van der Waals surface area contributed by atoms with E-state index in [1.54, 1.807) is 7.11 Å². The first-order valence-corrected chi connectivity index (χ1v) is 5.69. The molecule has 0 heterocycles. The van der Waals surface area contributed by atoms with Crippen LogP contribution in [0.4, 0.5) is 0 Å². The van der Waals surface area contributed by atoms with Crippen molar-refractivity contribution in [2.24, 2.45) is 11.7 Å². The number of nitrogens with two attached hydrogens (primary N) is 1. The molecule has 0 amide bonds. The maximum Gasteiger partial charge on any atom is 0.0593 e. The van der Waals surface area contributed by atoms with Crippen LogP contribution in [-0.2, 0) is 9.47 Å². The summed E-state index contributed by atoms with van der Waals surface area (Å²) in [5, 5.41) is 0. The SMILES string of the molecule is COCCN(CCN)CCOCC(C)C. The predicted molar refractivity (Wildman–Crippen MR) is 63.0 cm³/mol. The molecule has 0 fully saturated rings. The highest BCUT2D eigenvalue weighted by molar-refractivity contribution is 4.57. The maximum absolute atomic E-state index is 5.53. The standard InChI is InChI=1S/C11H26N2O2/c1-11(2)10-15-9-7-13(5-4-12)6-8-14-3/h11H,4-10,12H2,1-3H3. The molecule has 0 radical (unpaired) electrons. The van der Waals surface area contributed by atoms with Crippen molar-refractivity contribution in [3.05, 3.63) is 0 Å². The molecule has 0 rings (SSSR count). The minimum atomic E-state index is 0.604. The van der Waals surface area contributed by atoms with Crippen molar-refractivity contribution in [3.63, 3.8) is 0 Å². The molecule has 0 aliphatic heterocycles. The van der Waals surface area contributed by atoms with Crippen LogP contribution in [0.5, 0.6) is 0 Å². The summed E-state index contributed by atoms with van der Waals surface area (Å²) < 4.78 is 10.6. The summed E-state index contributed by atoms with van der Waals surface area (Å²) in [5.74, 6) is 0.604. The van der Waals surface area contributed by atoms with Crippen molar-refractivity contribution in [2.75, 3.05) is 53.1 Å². The lowest BCUT2D eigenvalue weighted by atomic mass is 10.2. The summed E-state index contributed by atoms with van der Waals surface area (Å²) in [4.78, 5) is 2.27. The molecule has 4 nitrogen and oxygen atoms in total. The Morgan fingerprint density at radius 2 is 1.80 bits per heavy atom. The van der Waals surface area contributed by atoms with Crippen LogP contribution in [0.15, 0.2) is 0 Å². The molecule has 0 aromatic heterocycles. The molecule has 0 saturated carbocycles. The van der Waals surface area contributed by atoms with Crippen molar-refractivity contribution < 1.29 is 9.47 Å². The fourth-order valence-corrected chi connectivity index (χ4v) is 1.25. The van der Waals surface area contributed by atoms with Crippen molar-refractivity contribution >= 4 is 0 Å². The smallest absolute Gasteiger partial charge is 0.0593 e. The molecule has 0 aliphatic carbocycles. The minimum absolute atomic E-state index is 0.604. The van der Waals surface area contributed by atoms with Crippen LogP contribution in [0.25, 0.3) is 0 Å². The molecule has 0 saturated heterocycles. The molecule has 2 N–H and O–H groups in total. The second kappa shape index (κ2) is 10.4. The van der Waals surface area contributed by atoms with Crippen LogP contribution in [-0.4, -0.2) is 58.0 Å². The third kappa shape index (κ3) is 10.1. The molecule has 0 atom stereocenters. The highest BCUT2D eigenvalue weighted by Crippen LogP contribution is 1.93. The Morgan fingerprint density at radius 1 is 1.13 bits per heavy atom. The van der Waals surface area contributed by atoms with E-state index in [1.165, 1.54) is 0 Å². The van der Waals surface area contributed by atoms with Crippen LogP contribution in [0.2, 0.25) is 0 Å². The third-order valence-electron chi connectivity index (χ3n) is 2.06. The predicted octanol–water partition coefficient (Wildman–Crippen LogP) is 0.566. The zero-order chi connectivity index (χ0) is 11.5. The van der Waals surface area contributed by atoms with Gasteiger partial charge < -0.3 is 15.2 Å². The quantitative estimate of drug-likeness (QED) is 0.545. The van der Waals surface area contributed by atoms with Crippen molar-refractivity contribution in [1.82, 2.24) is 4.90 Å². The lowest BCUT2D eigenvalue weighted by Gasteiger charge is -2.21. The van der Waals surface area contributed by atoms with E-state index in [9.17, 15) is 0 Å². The topological polar surface area (TPSA) is 47.7 Å². The first-order valence-electron chi connectivity index (χ1n) is 5.69. The van der Waals surface area contributed by atoms with Crippen molar-refractivity contribution in [2.45, 2.75) is 13.8 Å². The Bertz CT molecular complexity index is 132. The summed E-state index contributed by atoms with van der Waals surface area (Å²) >= 11 is 0. The monoisotopic (exact) mass is 218 g/mol. The van der Waals surface area contributed by atoms with E-state index >= 15 is 0 Å². The van der Waals surface area contributed by atoms with Gasteiger partial charge in [-0.3, -0.25) is 4.90 Å². The lowest BCUT2D eigenvalue weighted by Crippen LogP contribution is -2.35. The first-order chi connectivity index (χ1) is 7.20. The molecule has 0 aromatic rings. The number of ether oxygens (including phenoxy) is 2. The number of nitrogens with zero attached hydrogens (tertiary/aromatic N) is 1. The number of hydrogen-bond acceptors (Lipinski definition) is 4. The van der Waals surface area contributed by atoms with E-state index < -0.39 is 0 Å². The van der Waals surface area contributed by atoms with E-state index in [0.29, 0.717) is 12.5 Å². The average molecular weight is 218 g/mol. The van der Waals surface area contributed by atoms with Gasteiger partial charge in [-0.05, 0) is 5.92 Å². The minimum Gasteiger partial charge on any atom is -0.383 e. The fraction of sp³-hybridized carbons (Fsp3) is 1.00. The zero-order valence-corrected chi connectivity index (χ0v) is 10.4. The molecular formula is C11H26N2O2. The first kappa shape index (κ1) is 14.8. The Labute approximate surface area is 93.7 Å². The van der Waals surface area contributed by atoms with Gasteiger partial charge in [0, 0.05) is 39.9 Å². The van der Waals surface area contributed by atoms with Gasteiger partial charge in [0.15, 0.2) is 0 Å². The molecule has 15 heavy (non-hydrogen) atoms. The van der Waals surface area contributed by atoms with Gasteiger partial charge in [-0.25, -0.2) is 0 Å². The van der Waals surface area contributed by atoms with Crippen molar-refractivity contribution in [3.8, 4) is 0 Å². The number of rotatable bonds is 10. The number of methoxy groups -OCH3 is 1. The molecule has 92 valence electrons.